The Kier molecular flexibility index (Phi) is 4.99. The van der Waals surface area contributed by atoms with Gasteiger partial charge in [-0.2, -0.15) is 0 Å². The first-order valence-electron chi connectivity index (χ1n) is 6.86. The molecule has 1 fully saturated rings. The molecule has 0 aromatic rings. The number of hydrogen-bond donors (Lipinski definition) is 1. The van der Waals surface area contributed by atoms with Crippen LogP contribution in [0, 0.1) is 5.92 Å². The highest BCUT2D eigenvalue weighted by atomic mass is 16.4. The fourth-order valence-electron chi connectivity index (χ4n) is 3.12. The highest BCUT2D eigenvalue weighted by Crippen LogP contribution is 2.35. The summed E-state index contributed by atoms with van der Waals surface area (Å²) in [4.78, 5) is 13.8. The third-order valence-electron chi connectivity index (χ3n) is 4.23. The molecule has 1 aliphatic rings. The van der Waals surface area contributed by atoms with Gasteiger partial charge in [-0.1, -0.05) is 33.1 Å². The van der Waals surface area contributed by atoms with E-state index in [-0.39, 0.29) is 0 Å². The van der Waals surface area contributed by atoms with Crippen molar-refractivity contribution in [3.63, 3.8) is 0 Å². The van der Waals surface area contributed by atoms with Crippen molar-refractivity contribution in [1.29, 1.82) is 0 Å². The van der Waals surface area contributed by atoms with Crippen molar-refractivity contribution in [2.24, 2.45) is 5.92 Å². The molecule has 1 aliphatic carbocycles. The van der Waals surface area contributed by atoms with Gasteiger partial charge in [0.05, 0.1) is 0 Å². The molecule has 1 rings (SSSR count). The van der Waals surface area contributed by atoms with Crippen LogP contribution in [0.3, 0.4) is 0 Å². The van der Waals surface area contributed by atoms with Crippen molar-refractivity contribution in [3.8, 4) is 0 Å². The van der Waals surface area contributed by atoms with Gasteiger partial charge in [0.15, 0.2) is 0 Å². The lowest BCUT2D eigenvalue weighted by Crippen LogP contribution is -2.57. The Hall–Kier alpha value is -0.570. The number of carbonyl (C=O) groups is 1. The summed E-state index contributed by atoms with van der Waals surface area (Å²) in [6.45, 7) is 6.54. The third kappa shape index (κ3) is 3.21. The molecule has 0 saturated heterocycles. The first-order valence-corrected chi connectivity index (χ1v) is 6.86. The Morgan fingerprint density at radius 1 is 1.24 bits per heavy atom. The van der Waals surface area contributed by atoms with E-state index >= 15 is 0 Å². The monoisotopic (exact) mass is 241 g/mol. The molecule has 0 aromatic heterocycles. The van der Waals surface area contributed by atoms with Crippen molar-refractivity contribution in [1.82, 2.24) is 4.90 Å². The number of likely N-dealkylation sites (N-methyl/N-ethyl adjacent to an activating group) is 1. The summed E-state index contributed by atoms with van der Waals surface area (Å²) >= 11 is 0. The van der Waals surface area contributed by atoms with Crippen molar-refractivity contribution < 1.29 is 9.90 Å². The minimum atomic E-state index is -0.629. The molecule has 0 aliphatic heterocycles. The minimum absolute atomic E-state index is 0.337. The van der Waals surface area contributed by atoms with Crippen LogP contribution in [0.4, 0.5) is 0 Å². The average molecular weight is 241 g/mol. The van der Waals surface area contributed by atoms with Crippen LogP contribution >= 0.6 is 0 Å². The number of aliphatic carboxylic acids is 1. The van der Waals surface area contributed by atoms with Crippen LogP contribution in [0.25, 0.3) is 0 Å². The summed E-state index contributed by atoms with van der Waals surface area (Å²) < 4.78 is 0. The summed E-state index contributed by atoms with van der Waals surface area (Å²) in [5, 5.41) is 9.60. The number of hydrogen-bond acceptors (Lipinski definition) is 2. The molecule has 0 bridgehead atoms. The molecule has 0 spiro atoms. The molecule has 0 amide bonds. The lowest BCUT2D eigenvalue weighted by molar-refractivity contribution is -0.155. The zero-order valence-corrected chi connectivity index (χ0v) is 11.7. The Bertz CT molecular complexity index is 257. The van der Waals surface area contributed by atoms with Crippen LogP contribution < -0.4 is 0 Å². The molecule has 1 unspecified atom stereocenters. The van der Waals surface area contributed by atoms with Gasteiger partial charge >= 0.3 is 5.97 Å². The average Bonchev–Trinajstić information content (AvgIpc) is 2.27. The third-order valence-corrected chi connectivity index (χ3v) is 4.23. The molecule has 1 N–H and O–H groups in total. The first kappa shape index (κ1) is 14.5. The molecule has 0 aromatic carbocycles. The van der Waals surface area contributed by atoms with E-state index in [1.807, 2.05) is 7.05 Å². The van der Waals surface area contributed by atoms with E-state index in [1.54, 1.807) is 0 Å². The number of rotatable bonds is 5. The zero-order valence-electron chi connectivity index (χ0n) is 11.7. The zero-order chi connectivity index (χ0) is 13.1. The molecule has 1 atom stereocenters. The Balaban J connectivity index is 2.79. The molecule has 0 heterocycles. The van der Waals surface area contributed by atoms with Crippen LogP contribution in [0.1, 0.15) is 59.3 Å². The van der Waals surface area contributed by atoms with Gasteiger partial charge in [0.1, 0.15) is 5.54 Å². The van der Waals surface area contributed by atoms with Crippen LogP contribution in [0.5, 0.6) is 0 Å². The van der Waals surface area contributed by atoms with E-state index in [4.69, 9.17) is 0 Å². The second kappa shape index (κ2) is 5.85. The molecule has 17 heavy (non-hydrogen) atoms. The Morgan fingerprint density at radius 2 is 1.76 bits per heavy atom. The Labute approximate surface area is 105 Å². The summed E-state index contributed by atoms with van der Waals surface area (Å²) in [5.41, 5.74) is -0.605. The van der Waals surface area contributed by atoms with Crippen molar-refractivity contribution in [2.75, 3.05) is 7.05 Å². The van der Waals surface area contributed by atoms with Gasteiger partial charge in [0.2, 0.25) is 0 Å². The quantitative estimate of drug-likeness (QED) is 0.804. The fraction of sp³-hybridized carbons (Fsp3) is 0.929. The van der Waals surface area contributed by atoms with Gasteiger partial charge in [-0.3, -0.25) is 9.69 Å². The minimum Gasteiger partial charge on any atom is -0.480 e. The van der Waals surface area contributed by atoms with Crippen molar-refractivity contribution in [2.45, 2.75) is 70.9 Å². The highest BCUT2D eigenvalue weighted by Gasteiger charge is 2.44. The Morgan fingerprint density at radius 3 is 2.18 bits per heavy atom. The SMILES string of the molecule is CC(C)CC(C)N(C)C1(C(=O)O)CCCCC1. The summed E-state index contributed by atoms with van der Waals surface area (Å²) in [6, 6.07) is 0.337. The predicted molar refractivity (Wildman–Crippen MR) is 70.1 cm³/mol. The normalized spacial score (nSPS) is 21.8. The van der Waals surface area contributed by atoms with E-state index in [9.17, 15) is 9.90 Å². The smallest absolute Gasteiger partial charge is 0.324 e. The predicted octanol–water partition coefficient (Wildman–Crippen LogP) is 3.14. The molecular weight excluding hydrogens is 214 g/mol. The van der Waals surface area contributed by atoms with Gasteiger partial charge in [-0.05, 0) is 39.2 Å². The second-order valence-electron chi connectivity index (χ2n) is 5.99. The van der Waals surface area contributed by atoms with E-state index in [0.717, 1.165) is 32.1 Å². The number of nitrogens with zero attached hydrogens (tertiary/aromatic N) is 1. The highest BCUT2D eigenvalue weighted by molar-refractivity contribution is 5.79. The number of carboxylic acids is 1. The largest absolute Gasteiger partial charge is 0.480 e. The fourth-order valence-corrected chi connectivity index (χ4v) is 3.12. The van der Waals surface area contributed by atoms with Gasteiger partial charge in [0, 0.05) is 6.04 Å². The van der Waals surface area contributed by atoms with Crippen LogP contribution in [0.15, 0.2) is 0 Å². The van der Waals surface area contributed by atoms with Crippen LogP contribution in [0.2, 0.25) is 0 Å². The molecule has 3 nitrogen and oxygen atoms in total. The standard InChI is InChI=1S/C14H27NO2/c1-11(2)10-12(3)15(4)14(13(16)17)8-6-5-7-9-14/h11-12H,5-10H2,1-4H3,(H,16,17). The summed E-state index contributed by atoms with van der Waals surface area (Å²) in [5.74, 6) is -0.0165. The maximum atomic E-state index is 11.7. The summed E-state index contributed by atoms with van der Waals surface area (Å²) in [6.07, 6.45) is 5.95. The molecular formula is C14H27NO2. The lowest BCUT2D eigenvalue weighted by atomic mass is 9.79. The maximum Gasteiger partial charge on any atom is 0.324 e. The van der Waals surface area contributed by atoms with E-state index in [1.165, 1.54) is 6.42 Å². The van der Waals surface area contributed by atoms with E-state index in [2.05, 4.69) is 25.7 Å². The molecule has 100 valence electrons. The second-order valence-corrected chi connectivity index (χ2v) is 5.99. The molecule has 0 radical (unpaired) electrons. The van der Waals surface area contributed by atoms with Gasteiger partial charge in [-0.15, -0.1) is 0 Å². The molecule has 1 saturated carbocycles. The summed E-state index contributed by atoms with van der Waals surface area (Å²) in [7, 11) is 1.99. The van der Waals surface area contributed by atoms with E-state index < -0.39 is 11.5 Å². The number of carboxylic acid groups (broad SMARTS) is 1. The van der Waals surface area contributed by atoms with Gasteiger partial charge in [-0.25, -0.2) is 0 Å². The van der Waals surface area contributed by atoms with Crippen LogP contribution in [-0.4, -0.2) is 34.6 Å². The first-order chi connectivity index (χ1) is 7.90. The van der Waals surface area contributed by atoms with E-state index in [0.29, 0.717) is 12.0 Å². The van der Waals surface area contributed by atoms with Gasteiger partial charge < -0.3 is 5.11 Å². The lowest BCUT2D eigenvalue weighted by Gasteiger charge is -2.44. The van der Waals surface area contributed by atoms with Crippen molar-refractivity contribution >= 4 is 5.97 Å². The van der Waals surface area contributed by atoms with Crippen LogP contribution in [-0.2, 0) is 4.79 Å². The van der Waals surface area contributed by atoms with Gasteiger partial charge in [0.25, 0.3) is 0 Å². The maximum absolute atomic E-state index is 11.7. The topological polar surface area (TPSA) is 40.5 Å². The van der Waals surface area contributed by atoms with Crippen molar-refractivity contribution in [3.05, 3.63) is 0 Å². The molecule has 3 heteroatoms.